The summed E-state index contributed by atoms with van der Waals surface area (Å²) in [4.78, 5) is 12.2. The fraction of sp³-hybridized carbons (Fsp3) is 0.462. The van der Waals surface area contributed by atoms with E-state index in [9.17, 15) is 13.2 Å². The highest BCUT2D eigenvalue weighted by Gasteiger charge is 2.26. The minimum absolute atomic E-state index is 0.149. The quantitative estimate of drug-likeness (QED) is 0.863. The number of fused-ring (bicyclic) bond motifs is 1. The smallest absolute Gasteiger partial charge is 0.228 e. The summed E-state index contributed by atoms with van der Waals surface area (Å²) in [5, 5.41) is 2.71. The fourth-order valence-electron chi connectivity index (χ4n) is 1.98. The second-order valence-corrected chi connectivity index (χ2v) is 7.11. The molecule has 104 valence electrons. The van der Waals surface area contributed by atoms with Crippen molar-refractivity contribution < 1.29 is 13.2 Å². The van der Waals surface area contributed by atoms with E-state index in [1.807, 2.05) is 0 Å². The molecule has 1 aromatic carbocycles. The molecule has 1 aliphatic rings. The Bertz CT molecular complexity index is 608. The first kappa shape index (κ1) is 14.0. The molecule has 2 atom stereocenters. The van der Waals surface area contributed by atoms with Crippen LogP contribution in [0.15, 0.2) is 23.1 Å². The van der Waals surface area contributed by atoms with E-state index in [1.54, 1.807) is 26.0 Å². The number of hydrogen-bond donors (Lipinski definition) is 2. The highest BCUT2D eigenvalue weighted by molar-refractivity contribution is 7.91. The van der Waals surface area contributed by atoms with Crippen molar-refractivity contribution in [3.8, 4) is 0 Å². The lowest BCUT2D eigenvalue weighted by atomic mass is 10.0. The van der Waals surface area contributed by atoms with E-state index in [0.29, 0.717) is 17.0 Å². The van der Waals surface area contributed by atoms with Crippen LogP contribution >= 0.6 is 0 Å². The third-order valence-corrected chi connectivity index (χ3v) is 5.30. The van der Waals surface area contributed by atoms with Gasteiger partial charge in [0.15, 0.2) is 9.84 Å². The molecule has 0 radical (unpaired) electrons. The molecule has 3 N–H and O–H groups in total. The van der Waals surface area contributed by atoms with E-state index < -0.39 is 9.84 Å². The number of carbonyl (C=O) groups is 1. The molecular formula is C13H18N2O3S. The highest BCUT2D eigenvalue weighted by Crippen LogP contribution is 2.28. The molecule has 0 aromatic heterocycles. The molecule has 1 heterocycles. The average molecular weight is 282 g/mol. The molecule has 0 spiro atoms. The molecule has 19 heavy (non-hydrogen) atoms. The molecule has 1 aromatic rings. The summed E-state index contributed by atoms with van der Waals surface area (Å²) < 4.78 is 23.6. The van der Waals surface area contributed by atoms with Crippen LogP contribution in [0.1, 0.15) is 19.4 Å². The number of hydrogen-bond acceptors (Lipinski definition) is 4. The third kappa shape index (κ3) is 2.79. The van der Waals surface area contributed by atoms with Crippen molar-refractivity contribution in [2.75, 3.05) is 11.1 Å². The topological polar surface area (TPSA) is 89.3 Å². The number of benzene rings is 1. The van der Waals surface area contributed by atoms with Crippen molar-refractivity contribution in [1.82, 2.24) is 0 Å². The van der Waals surface area contributed by atoms with Gasteiger partial charge in [-0.2, -0.15) is 0 Å². The Labute approximate surface area is 113 Å². The summed E-state index contributed by atoms with van der Waals surface area (Å²) in [7, 11) is -3.18. The summed E-state index contributed by atoms with van der Waals surface area (Å²) in [6, 6.07) is 4.76. The number of amides is 1. The predicted octanol–water partition coefficient (Wildman–Crippen LogP) is 0.938. The van der Waals surface area contributed by atoms with Gasteiger partial charge < -0.3 is 11.1 Å². The van der Waals surface area contributed by atoms with Crippen molar-refractivity contribution in [2.45, 2.75) is 31.2 Å². The monoisotopic (exact) mass is 282 g/mol. The molecule has 0 bridgehead atoms. The summed E-state index contributed by atoms with van der Waals surface area (Å²) in [6.07, 6.45) is 0.544. The lowest BCUT2D eigenvalue weighted by Gasteiger charge is -2.15. The molecule has 0 aliphatic carbocycles. The van der Waals surface area contributed by atoms with Gasteiger partial charge in [-0.3, -0.25) is 4.79 Å². The van der Waals surface area contributed by atoms with Crippen LogP contribution in [0.3, 0.4) is 0 Å². The Morgan fingerprint density at radius 1 is 1.37 bits per heavy atom. The first-order chi connectivity index (χ1) is 8.81. The van der Waals surface area contributed by atoms with Gasteiger partial charge in [0, 0.05) is 11.7 Å². The van der Waals surface area contributed by atoms with Crippen molar-refractivity contribution in [2.24, 2.45) is 11.7 Å². The van der Waals surface area contributed by atoms with Crippen molar-refractivity contribution >= 4 is 21.4 Å². The van der Waals surface area contributed by atoms with Crippen molar-refractivity contribution in [3.63, 3.8) is 0 Å². The molecule has 1 aliphatic heterocycles. The molecule has 5 nitrogen and oxygen atoms in total. The van der Waals surface area contributed by atoms with Crippen molar-refractivity contribution in [3.05, 3.63) is 23.8 Å². The Balaban J connectivity index is 2.23. The largest absolute Gasteiger partial charge is 0.327 e. The van der Waals surface area contributed by atoms with Crippen molar-refractivity contribution in [1.29, 1.82) is 0 Å². The zero-order chi connectivity index (χ0) is 14.2. The maximum atomic E-state index is 11.9. The van der Waals surface area contributed by atoms with Gasteiger partial charge in [-0.05, 0) is 31.0 Å². The molecule has 0 saturated heterocycles. The highest BCUT2D eigenvalue weighted by atomic mass is 32.2. The zero-order valence-electron chi connectivity index (χ0n) is 11.0. The van der Waals surface area contributed by atoms with Gasteiger partial charge in [0.25, 0.3) is 0 Å². The molecule has 2 rings (SSSR count). The summed E-state index contributed by atoms with van der Waals surface area (Å²) in [6.45, 7) is 3.50. The number of carbonyl (C=O) groups excluding carboxylic acids is 1. The number of nitrogens with two attached hydrogens (primary N) is 1. The minimum Gasteiger partial charge on any atom is -0.327 e. The van der Waals surface area contributed by atoms with Crippen LogP contribution in [-0.2, 0) is 21.1 Å². The van der Waals surface area contributed by atoms with Gasteiger partial charge in [-0.15, -0.1) is 0 Å². The maximum absolute atomic E-state index is 11.9. The summed E-state index contributed by atoms with van der Waals surface area (Å²) in [5.74, 6) is -0.383. The van der Waals surface area contributed by atoms with E-state index in [0.717, 1.165) is 5.56 Å². The van der Waals surface area contributed by atoms with Crippen LogP contribution in [0.5, 0.6) is 0 Å². The van der Waals surface area contributed by atoms with Crippen LogP contribution in [-0.4, -0.2) is 26.1 Å². The lowest BCUT2D eigenvalue weighted by molar-refractivity contribution is -0.119. The Morgan fingerprint density at radius 2 is 2.05 bits per heavy atom. The number of nitrogens with one attached hydrogen (secondary N) is 1. The number of sulfone groups is 1. The van der Waals surface area contributed by atoms with Gasteiger partial charge in [-0.1, -0.05) is 13.0 Å². The summed E-state index contributed by atoms with van der Waals surface area (Å²) >= 11 is 0. The first-order valence-electron chi connectivity index (χ1n) is 6.23. The molecule has 0 fully saturated rings. The predicted molar refractivity (Wildman–Crippen MR) is 73.6 cm³/mol. The third-order valence-electron chi connectivity index (χ3n) is 3.51. The van der Waals surface area contributed by atoms with Gasteiger partial charge >= 0.3 is 0 Å². The molecule has 2 unspecified atom stereocenters. The maximum Gasteiger partial charge on any atom is 0.228 e. The molecular weight excluding hydrogens is 264 g/mol. The number of anilines is 1. The van der Waals surface area contributed by atoms with Crippen LogP contribution in [0.4, 0.5) is 5.69 Å². The van der Waals surface area contributed by atoms with Gasteiger partial charge in [0.05, 0.1) is 16.6 Å². The minimum atomic E-state index is -3.18. The molecule has 6 heteroatoms. The molecule has 0 saturated carbocycles. The second-order valence-electron chi connectivity index (χ2n) is 5.03. The Kier molecular flexibility index (Phi) is 3.64. The standard InChI is InChI=1S/C13H18N2O3S/c1-8(9(2)14)13(16)15-11-4-3-10-5-6-19(17,18)12(10)7-11/h3-4,7-9H,5-6,14H2,1-2H3,(H,15,16). The van der Waals surface area contributed by atoms with Crippen LogP contribution < -0.4 is 11.1 Å². The van der Waals surface area contributed by atoms with E-state index in [2.05, 4.69) is 5.32 Å². The summed E-state index contributed by atoms with van der Waals surface area (Å²) in [5.41, 5.74) is 6.99. The van der Waals surface area contributed by atoms with E-state index in [-0.39, 0.29) is 23.6 Å². The van der Waals surface area contributed by atoms with Gasteiger partial charge in [-0.25, -0.2) is 8.42 Å². The number of aryl methyl sites for hydroxylation is 1. The Morgan fingerprint density at radius 3 is 2.68 bits per heavy atom. The van der Waals surface area contributed by atoms with Crippen LogP contribution in [0.25, 0.3) is 0 Å². The average Bonchev–Trinajstić information content (AvgIpc) is 2.64. The number of rotatable bonds is 3. The van der Waals surface area contributed by atoms with E-state index >= 15 is 0 Å². The van der Waals surface area contributed by atoms with Crippen LogP contribution in [0, 0.1) is 5.92 Å². The first-order valence-corrected chi connectivity index (χ1v) is 7.88. The Hall–Kier alpha value is -1.40. The van der Waals surface area contributed by atoms with Crippen LogP contribution in [0.2, 0.25) is 0 Å². The lowest BCUT2D eigenvalue weighted by Crippen LogP contribution is -2.34. The fourth-order valence-corrected chi connectivity index (χ4v) is 3.56. The SMILES string of the molecule is CC(N)C(C)C(=O)Nc1ccc2c(c1)S(=O)(=O)CC2. The van der Waals surface area contributed by atoms with E-state index in [1.165, 1.54) is 6.07 Å². The van der Waals surface area contributed by atoms with Gasteiger partial charge in [0.1, 0.15) is 0 Å². The normalized spacial score (nSPS) is 19.5. The van der Waals surface area contributed by atoms with Gasteiger partial charge in [0.2, 0.25) is 5.91 Å². The second kappa shape index (κ2) is 4.94. The van der Waals surface area contributed by atoms with E-state index in [4.69, 9.17) is 5.73 Å². The zero-order valence-corrected chi connectivity index (χ0v) is 11.8. The molecule has 1 amide bonds.